The van der Waals surface area contributed by atoms with E-state index in [1.54, 1.807) is 0 Å². The van der Waals surface area contributed by atoms with Crippen LogP contribution in [0.25, 0.3) is 0 Å². The highest BCUT2D eigenvalue weighted by Crippen LogP contribution is 2.38. The Balaban J connectivity index is 1.57. The normalized spacial score (nSPS) is 22.6. The quantitative estimate of drug-likeness (QED) is 0.609. The first-order valence-electron chi connectivity index (χ1n) is 9.08. The lowest BCUT2D eigenvalue weighted by molar-refractivity contribution is -0.159. The van der Waals surface area contributed by atoms with Gasteiger partial charge in [0, 0.05) is 6.07 Å². The van der Waals surface area contributed by atoms with Crippen molar-refractivity contribution in [3.8, 4) is 0 Å². The standard InChI is InChI=1S/C19H20F2N2O5/c1-10(23-17(25)12-4-2-3-5-13(12)18(23)26)19(27)28-9-16(24)22-15-8-11(20)6-7-14(15)21/h6-8,10,12-13H,2-5,9H2,1H3,(H,22,24)/t10-,12-,13-/m0/s1. The Morgan fingerprint density at radius 3 is 2.39 bits per heavy atom. The van der Waals surface area contributed by atoms with Crippen molar-refractivity contribution in [1.29, 1.82) is 0 Å². The number of esters is 1. The van der Waals surface area contributed by atoms with Crippen molar-refractivity contribution in [3.63, 3.8) is 0 Å². The number of imide groups is 1. The third-order valence-electron chi connectivity index (χ3n) is 5.15. The molecule has 1 heterocycles. The van der Waals surface area contributed by atoms with Gasteiger partial charge >= 0.3 is 5.97 Å². The first kappa shape index (κ1) is 19.9. The molecule has 9 heteroatoms. The number of anilines is 1. The van der Waals surface area contributed by atoms with Crippen LogP contribution in [0.1, 0.15) is 32.6 Å². The summed E-state index contributed by atoms with van der Waals surface area (Å²) in [6.45, 7) is 0.599. The van der Waals surface area contributed by atoms with Crippen LogP contribution in [0.4, 0.5) is 14.5 Å². The van der Waals surface area contributed by atoms with Gasteiger partial charge in [-0.1, -0.05) is 12.8 Å². The Kier molecular flexibility index (Phi) is 5.71. The predicted octanol–water partition coefficient (Wildman–Crippen LogP) is 2.01. The fraction of sp³-hybridized carbons (Fsp3) is 0.474. The summed E-state index contributed by atoms with van der Waals surface area (Å²) in [6, 6.07) is 1.38. The molecule has 1 aromatic rings. The van der Waals surface area contributed by atoms with Crippen LogP contribution in [0.3, 0.4) is 0 Å². The summed E-state index contributed by atoms with van der Waals surface area (Å²) in [5, 5.41) is 2.09. The minimum absolute atomic E-state index is 0.384. The van der Waals surface area contributed by atoms with Crippen LogP contribution in [0.2, 0.25) is 0 Å². The van der Waals surface area contributed by atoms with E-state index >= 15 is 0 Å². The predicted molar refractivity (Wildman–Crippen MR) is 92.7 cm³/mol. The van der Waals surface area contributed by atoms with Gasteiger partial charge in [0.2, 0.25) is 11.8 Å². The molecule has 2 aliphatic rings. The molecule has 0 aromatic heterocycles. The highest BCUT2D eigenvalue weighted by atomic mass is 19.1. The first-order valence-corrected chi connectivity index (χ1v) is 9.08. The molecule has 2 fully saturated rings. The topological polar surface area (TPSA) is 92.8 Å². The van der Waals surface area contributed by atoms with Crippen molar-refractivity contribution in [2.75, 3.05) is 11.9 Å². The molecule has 0 unspecified atom stereocenters. The Morgan fingerprint density at radius 1 is 1.18 bits per heavy atom. The number of likely N-dealkylation sites (tertiary alicyclic amines) is 1. The second kappa shape index (κ2) is 8.04. The molecule has 1 aliphatic carbocycles. The minimum Gasteiger partial charge on any atom is -0.454 e. The number of ether oxygens (including phenoxy) is 1. The summed E-state index contributed by atoms with van der Waals surface area (Å²) in [6.07, 6.45) is 2.97. The van der Waals surface area contributed by atoms with E-state index in [9.17, 15) is 28.0 Å². The number of halogens is 2. The zero-order valence-corrected chi connectivity index (χ0v) is 15.2. The van der Waals surface area contributed by atoms with E-state index < -0.39 is 48.0 Å². The number of nitrogens with zero attached hydrogens (tertiary/aromatic N) is 1. The van der Waals surface area contributed by atoms with Crippen LogP contribution in [-0.2, 0) is 23.9 Å². The fourth-order valence-electron chi connectivity index (χ4n) is 3.71. The smallest absolute Gasteiger partial charge is 0.329 e. The molecule has 3 atom stereocenters. The number of hydrogen-bond donors (Lipinski definition) is 1. The van der Waals surface area contributed by atoms with Gasteiger partial charge in [-0.25, -0.2) is 13.6 Å². The van der Waals surface area contributed by atoms with Crippen molar-refractivity contribution < 1.29 is 32.7 Å². The van der Waals surface area contributed by atoms with Gasteiger partial charge in [0.1, 0.15) is 17.7 Å². The Morgan fingerprint density at radius 2 is 1.79 bits per heavy atom. The van der Waals surface area contributed by atoms with Crippen LogP contribution in [0.15, 0.2) is 18.2 Å². The van der Waals surface area contributed by atoms with Crippen LogP contribution < -0.4 is 5.32 Å². The lowest BCUT2D eigenvalue weighted by Crippen LogP contribution is -2.45. The maximum absolute atomic E-state index is 13.5. The highest BCUT2D eigenvalue weighted by Gasteiger charge is 2.51. The molecule has 1 saturated heterocycles. The lowest BCUT2D eigenvalue weighted by Gasteiger charge is -2.21. The monoisotopic (exact) mass is 394 g/mol. The third kappa shape index (κ3) is 3.88. The summed E-state index contributed by atoms with van der Waals surface area (Å²) in [4.78, 5) is 50.0. The zero-order valence-electron chi connectivity index (χ0n) is 15.2. The fourth-order valence-corrected chi connectivity index (χ4v) is 3.71. The van der Waals surface area contributed by atoms with E-state index in [0.29, 0.717) is 12.8 Å². The molecule has 1 aliphatic heterocycles. The van der Waals surface area contributed by atoms with E-state index in [1.165, 1.54) is 6.92 Å². The molecule has 0 spiro atoms. The van der Waals surface area contributed by atoms with Crippen molar-refractivity contribution >= 4 is 29.4 Å². The average molecular weight is 394 g/mol. The summed E-state index contributed by atoms with van der Waals surface area (Å²) in [5.41, 5.74) is -0.386. The lowest BCUT2D eigenvalue weighted by atomic mass is 9.81. The number of carbonyl (C=O) groups is 4. The minimum atomic E-state index is -1.16. The van der Waals surface area contributed by atoms with Gasteiger partial charge in [-0.3, -0.25) is 19.3 Å². The molecule has 1 N–H and O–H groups in total. The number of rotatable bonds is 5. The van der Waals surface area contributed by atoms with Gasteiger partial charge in [0.15, 0.2) is 6.61 Å². The molecule has 0 bridgehead atoms. The molecule has 1 aromatic carbocycles. The molecule has 3 rings (SSSR count). The van der Waals surface area contributed by atoms with Crippen molar-refractivity contribution in [2.45, 2.75) is 38.6 Å². The largest absolute Gasteiger partial charge is 0.454 e. The van der Waals surface area contributed by atoms with Crippen molar-refractivity contribution in [3.05, 3.63) is 29.8 Å². The molecule has 28 heavy (non-hydrogen) atoms. The van der Waals surface area contributed by atoms with E-state index in [4.69, 9.17) is 4.74 Å². The van der Waals surface area contributed by atoms with Gasteiger partial charge in [0.25, 0.3) is 5.91 Å². The number of carbonyl (C=O) groups excluding carboxylic acids is 4. The summed E-state index contributed by atoms with van der Waals surface area (Å²) in [7, 11) is 0. The van der Waals surface area contributed by atoms with Crippen molar-refractivity contribution in [2.24, 2.45) is 11.8 Å². The van der Waals surface area contributed by atoms with Gasteiger partial charge in [0.05, 0.1) is 17.5 Å². The number of hydrogen-bond acceptors (Lipinski definition) is 5. The van der Waals surface area contributed by atoms with Crippen LogP contribution in [0.5, 0.6) is 0 Å². The molecule has 3 amide bonds. The SMILES string of the molecule is C[C@@H](C(=O)OCC(=O)Nc1cc(F)ccc1F)N1C(=O)[C@H]2CCCC[C@@H]2C1=O. The van der Waals surface area contributed by atoms with Crippen molar-refractivity contribution in [1.82, 2.24) is 4.90 Å². The summed E-state index contributed by atoms with van der Waals surface area (Å²) >= 11 is 0. The molecule has 7 nitrogen and oxygen atoms in total. The van der Waals surface area contributed by atoms with Gasteiger partial charge in [-0.2, -0.15) is 0 Å². The Labute approximate surface area is 160 Å². The second-order valence-electron chi connectivity index (χ2n) is 7.00. The Hall–Kier alpha value is -2.84. The first-order chi connectivity index (χ1) is 13.3. The van der Waals surface area contributed by atoms with Gasteiger partial charge < -0.3 is 10.1 Å². The molecular formula is C19H20F2N2O5. The van der Waals surface area contributed by atoms with E-state index in [1.807, 2.05) is 0 Å². The maximum Gasteiger partial charge on any atom is 0.329 e. The molecule has 1 saturated carbocycles. The molecule has 0 radical (unpaired) electrons. The van der Waals surface area contributed by atoms with Gasteiger partial charge in [-0.05, 0) is 31.9 Å². The maximum atomic E-state index is 13.5. The number of fused-ring (bicyclic) bond motifs is 1. The van der Waals surface area contributed by atoms with E-state index in [0.717, 1.165) is 35.9 Å². The molecular weight excluding hydrogens is 374 g/mol. The summed E-state index contributed by atoms with van der Waals surface area (Å²) in [5.74, 6) is -4.93. The average Bonchev–Trinajstić information content (AvgIpc) is 2.93. The zero-order chi connectivity index (χ0) is 20.4. The van der Waals surface area contributed by atoms with Gasteiger partial charge in [-0.15, -0.1) is 0 Å². The second-order valence-corrected chi connectivity index (χ2v) is 7.00. The summed E-state index contributed by atoms with van der Waals surface area (Å²) < 4.78 is 31.5. The van der Waals surface area contributed by atoms with E-state index in [-0.39, 0.29) is 17.5 Å². The number of nitrogens with one attached hydrogen (secondary N) is 1. The van der Waals surface area contributed by atoms with Crippen LogP contribution in [-0.4, -0.2) is 41.2 Å². The number of amides is 3. The van der Waals surface area contributed by atoms with Crippen LogP contribution >= 0.6 is 0 Å². The third-order valence-corrected chi connectivity index (χ3v) is 5.15. The van der Waals surface area contributed by atoms with Crippen LogP contribution in [0, 0.1) is 23.5 Å². The number of benzene rings is 1. The molecule has 150 valence electrons. The Bertz CT molecular complexity index is 805. The van der Waals surface area contributed by atoms with E-state index in [2.05, 4.69) is 5.32 Å². The highest BCUT2D eigenvalue weighted by molar-refractivity contribution is 6.08.